The van der Waals surface area contributed by atoms with Gasteiger partial charge in [-0.2, -0.15) is 0 Å². The summed E-state index contributed by atoms with van der Waals surface area (Å²) in [5, 5.41) is 12.4. The third-order valence-corrected chi connectivity index (χ3v) is 5.29. The van der Waals surface area contributed by atoms with Gasteiger partial charge >= 0.3 is 0 Å². The van der Waals surface area contributed by atoms with E-state index in [0.29, 0.717) is 6.04 Å². The molecule has 5 heteroatoms. The summed E-state index contributed by atoms with van der Waals surface area (Å²) in [5.41, 5.74) is 0. The Bertz CT molecular complexity index is 382. The van der Waals surface area contributed by atoms with Crippen molar-refractivity contribution in [2.24, 2.45) is 0 Å². The highest BCUT2D eigenvalue weighted by atomic mass is 32.1. The lowest BCUT2D eigenvalue weighted by Crippen LogP contribution is -2.48. The van der Waals surface area contributed by atoms with Gasteiger partial charge in [0.1, 0.15) is 0 Å². The Hall–Kier alpha value is -0.460. The van der Waals surface area contributed by atoms with Crippen molar-refractivity contribution in [2.75, 3.05) is 45.9 Å². The maximum atomic E-state index is 10.4. The van der Waals surface area contributed by atoms with Crippen LogP contribution < -0.4 is 0 Å². The van der Waals surface area contributed by atoms with Crippen LogP contribution >= 0.6 is 11.3 Å². The smallest absolute Gasteiger partial charge is 0.0897 e. The minimum Gasteiger partial charge on any atom is -0.388 e. The van der Waals surface area contributed by atoms with Crippen LogP contribution in [0.3, 0.4) is 0 Å². The van der Waals surface area contributed by atoms with Gasteiger partial charge in [0.05, 0.1) is 19.3 Å². The number of likely N-dealkylation sites (N-methyl/N-ethyl adjacent to an activating group) is 1. The Labute approximate surface area is 132 Å². The number of hydrogen-bond acceptors (Lipinski definition) is 5. The van der Waals surface area contributed by atoms with Crippen LogP contribution in [0.15, 0.2) is 17.5 Å². The first-order valence-corrected chi connectivity index (χ1v) is 8.88. The molecule has 0 radical (unpaired) electrons. The number of morpholine rings is 1. The fourth-order valence-electron chi connectivity index (χ4n) is 2.87. The maximum Gasteiger partial charge on any atom is 0.0897 e. The molecule has 2 atom stereocenters. The molecular weight excluding hydrogens is 284 g/mol. The van der Waals surface area contributed by atoms with Gasteiger partial charge in [-0.25, -0.2) is 0 Å². The normalized spacial score (nSPS) is 21.8. The minimum absolute atomic E-state index is 0.325. The van der Waals surface area contributed by atoms with Crippen molar-refractivity contribution < 1.29 is 9.84 Å². The van der Waals surface area contributed by atoms with Crippen molar-refractivity contribution in [2.45, 2.75) is 32.4 Å². The lowest BCUT2D eigenvalue weighted by atomic mass is 10.1. The van der Waals surface area contributed by atoms with E-state index in [1.165, 1.54) is 0 Å². The van der Waals surface area contributed by atoms with Crippen molar-refractivity contribution in [3.8, 4) is 0 Å². The van der Waals surface area contributed by atoms with Crippen LogP contribution in [-0.2, 0) is 4.74 Å². The van der Waals surface area contributed by atoms with Gasteiger partial charge in [0.25, 0.3) is 0 Å². The standard InChI is InChI=1S/C16H28N2O2S/c1-3-17(4-2)7-8-18-9-10-20-13-14(18)12-15(19)16-6-5-11-21-16/h5-6,11,14-15,19H,3-4,7-10,12-13H2,1-2H3. The van der Waals surface area contributed by atoms with E-state index in [-0.39, 0.29) is 6.10 Å². The first kappa shape index (κ1) is 16.9. The van der Waals surface area contributed by atoms with E-state index >= 15 is 0 Å². The average molecular weight is 312 g/mol. The van der Waals surface area contributed by atoms with E-state index in [1.54, 1.807) is 11.3 Å². The van der Waals surface area contributed by atoms with Gasteiger partial charge < -0.3 is 14.7 Å². The second-order valence-corrected chi connectivity index (χ2v) is 6.54. The molecule has 1 aromatic heterocycles. The molecule has 0 aliphatic carbocycles. The summed E-state index contributed by atoms with van der Waals surface area (Å²) < 4.78 is 5.63. The molecular formula is C16H28N2O2S. The average Bonchev–Trinajstić information content (AvgIpc) is 3.04. The van der Waals surface area contributed by atoms with Crippen LogP contribution in [0.2, 0.25) is 0 Å². The Balaban J connectivity index is 1.86. The van der Waals surface area contributed by atoms with Crippen LogP contribution in [0, 0.1) is 0 Å². The molecule has 1 aromatic rings. The van der Waals surface area contributed by atoms with Gasteiger partial charge in [0.15, 0.2) is 0 Å². The molecule has 1 aliphatic heterocycles. The monoisotopic (exact) mass is 312 g/mol. The Morgan fingerprint density at radius 2 is 2.29 bits per heavy atom. The highest BCUT2D eigenvalue weighted by Crippen LogP contribution is 2.25. The number of ether oxygens (including phenoxy) is 1. The van der Waals surface area contributed by atoms with Gasteiger partial charge in [-0.3, -0.25) is 4.90 Å². The molecule has 0 bridgehead atoms. The van der Waals surface area contributed by atoms with Crippen molar-refractivity contribution in [1.29, 1.82) is 0 Å². The summed E-state index contributed by atoms with van der Waals surface area (Å²) in [6, 6.07) is 4.34. The fraction of sp³-hybridized carbons (Fsp3) is 0.750. The number of nitrogens with zero attached hydrogens (tertiary/aromatic N) is 2. The molecule has 1 saturated heterocycles. The van der Waals surface area contributed by atoms with Gasteiger partial charge in [-0.05, 0) is 31.0 Å². The lowest BCUT2D eigenvalue weighted by molar-refractivity contribution is -0.0283. The summed E-state index contributed by atoms with van der Waals surface area (Å²) in [4.78, 5) is 5.99. The second-order valence-electron chi connectivity index (χ2n) is 5.56. The molecule has 1 N–H and O–H groups in total. The zero-order chi connectivity index (χ0) is 15.1. The predicted octanol–water partition coefficient (Wildman–Crippen LogP) is 2.21. The van der Waals surface area contributed by atoms with Gasteiger partial charge in [0.2, 0.25) is 0 Å². The fourth-order valence-corrected chi connectivity index (χ4v) is 3.59. The van der Waals surface area contributed by atoms with E-state index in [4.69, 9.17) is 4.74 Å². The Morgan fingerprint density at radius 3 is 2.95 bits per heavy atom. The predicted molar refractivity (Wildman–Crippen MR) is 87.9 cm³/mol. The van der Waals surface area contributed by atoms with Crippen LogP contribution in [0.1, 0.15) is 31.2 Å². The third-order valence-electron chi connectivity index (χ3n) is 4.31. The van der Waals surface area contributed by atoms with E-state index in [1.807, 2.05) is 17.5 Å². The zero-order valence-electron chi connectivity index (χ0n) is 13.2. The summed E-state index contributed by atoms with van der Waals surface area (Å²) in [6.45, 7) is 11.3. The lowest BCUT2D eigenvalue weighted by Gasteiger charge is -2.37. The van der Waals surface area contributed by atoms with Gasteiger partial charge in [-0.15, -0.1) is 11.3 Å². The number of hydrogen-bond donors (Lipinski definition) is 1. The Morgan fingerprint density at radius 1 is 1.48 bits per heavy atom. The summed E-state index contributed by atoms with van der Waals surface area (Å²) >= 11 is 1.63. The molecule has 0 spiro atoms. The molecule has 0 amide bonds. The molecule has 21 heavy (non-hydrogen) atoms. The van der Waals surface area contributed by atoms with Crippen molar-refractivity contribution in [1.82, 2.24) is 9.80 Å². The second kappa shape index (κ2) is 8.86. The van der Waals surface area contributed by atoms with E-state index in [0.717, 1.165) is 57.2 Å². The topological polar surface area (TPSA) is 35.9 Å². The number of aliphatic hydroxyl groups is 1. The summed E-state index contributed by atoms with van der Waals surface area (Å²) in [7, 11) is 0. The molecule has 4 nitrogen and oxygen atoms in total. The van der Waals surface area contributed by atoms with Crippen molar-refractivity contribution in [3.05, 3.63) is 22.4 Å². The van der Waals surface area contributed by atoms with E-state index < -0.39 is 0 Å². The molecule has 1 aliphatic rings. The number of aliphatic hydroxyl groups excluding tert-OH is 1. The first-order valence-electron chi connectivity index (χ1n) is 8.00. The molecule has 2 unspecified atom stereocenters. The number of rotatable bonds is 8. The van der Waals surface area contributed by atoms with E-state index in [9.17, 15) is 5.11 Å². The highest BCUT2D eigenvalue weighted by molar-refractivity contribution is 7.10. The maximum absolute atomic E-state index is 10.4. The van der Waals surface area contributed by atoms with Crippen molar-refractivity contribution >= 4 is 11.3 Å². The third kappa shape index (κ3) is 5.04. The van der Waals surface area contributed by atoms with Crippen LogP contribution in [0.5, 0.6) is 0 Å². The molecule has 0 aromatic carbocycles. The molecule has 0 saturated carbocycles. The molecule has 120 valence electrons. The molecule has 2 rings (SSSR count). The van der Waals surface area contributed by atoms with E-state index in [2.05, 4.69) is 23.6 Å². The first-order chi connectivity index (χ1) is 10.2. The highest BCUT2D eigenvalue weighted by Gasteiger charge is 2.26. The quantitative estimate of drug-likeness (QED) is 0.798. The molecule has 1 fully saturated rings. The summed E-state index contributed by atoms with van der Waals surface area (Å²) in [5.74, 6) is 0. The zero-order valence-corrected chi connectivity index (χ0v) is 14.0. The Kier molecular flexibility index (Phi) is 7.13. The van der Waals surface area contributed by atoms with Gasteiger partial charge in [0, 0.05) is 30.6 Å². The van der Waals surface area contributed by atoms with Crippen molar-refractivity contribution in [3.63, 3.8) is 0 Å². The SMILES string of the molecule is CCN(CC)CCN1CCOCC1CC(O)c1cccs1. The van der Waals surface area contributed by atoms with Gasteiger partial charge in [-0.1, -0.05) is 19.9 Å². The largest absolute Gasteiger partial charge is 0.388 e. The minimum atomic E-state index is -0.368. The van der Waals surface area contributed by atoms with Crippen LogP contribution in [0.4, 0.5) is 0 Å². The van der Waals surface area contributed by atoms with Crippen LogP contribution in [-0.4, -0.2) is 66.9 Å². The molecule has 2 heterocycles. The van der Waals surface area contributed by atoms with Crippen LogP contribution in [0.25, 0.3) is 0 Å². The number of thiophene rings is 1. The summed E-state index contributed by atoms with van der Waals surface area (Å²) in [6.07, 6.45) is 0.395.